The smallest absolute Gasteiger partial charge is 0.224 e. The molecule has 1 rings (SSSR count). The van der Waals surface area contributed by atoms with E-state index in [1.54, 1.807) is 26.4 Å². The van der Waals surface area contributed by atoms with Crippen molar-refractivity contribution in [2.45, 2.75) is 18.9 Å². The van der Waals surface area contributed by atoms with Gasteiger partial charge in [-0.2, -0.15) is 0 Å². The van der Waals surface area contributed by atoms with Gasteiger partial charge < -0.3 is 24.6 Å². The quantitative estimate of drug-likeness (QED) is 0.704. The van der Waals surface area contributed by atoms with Gasteiger partial charge in [0.1, 0.15) is 0 Å². The summed E-state index contributed by atoms with van der Waals surface area (Å²) in [6.07, 6.45) is 0.156. The van der Waals surface area contributed by atoms with Gasteiger partial charge in [-0.25, -0.2) is 0 Å². The first-order valence-electron chi connectivity index (χ1n) is 6.75. The van der Waals surface area contributed by atoms with E-state index in [1.807, 2.05) is 6.07 Å². The zero-order valence-electron chi connectivity index (χ0n) is 12.7. The molecule has 118 valence electrons. The summed E-state index contributed by atoms with van der Waals surface area (Å²) in [5.74, 6) is 1.12. The number of carbonyl (C=O) groups is 1. The predicted octanol–water partition coefficient (Wildman–Crippen LogP) is 0.760. The fraction of sp³-hybridized carbons (Fsp3) is 0.533. The zero-order valence-corrected chi connectivity index (χ0v) is 12.7. The molecule has 6 nitrogen and oxygen atoms in total. The van der Waals surface area contributed by atoms with Crippen LogP contribution in [-0.2, 0) is 16.0 Å². The third kappa shape index (κ3) is 6.01. The van der Waals surface area contributed by atoms with Gasteiger partial charge in [-0.05, 0) is 24.1 Å². The number of carbonyl (C=O) groups excluding carboxylic acids is 1. The summed E-state index contributed by atoms with van der Waals surface area (Å²) in [5, 5.41) is 12.2. The van der Waals surface area contributed by atoms with Crippen molar-refractivity contribution in [2.24, 2.45) is 0 Å². The minimum absolute atomic E-state index is 0.105. The molecule has 0 saturated heterocycles. The summed E-state index contributed by atoms with van der Waals surface area (Å²) >= 11 is 0. The summed E-state index contributed by atoms with van der Waals surface area (Å²) in [6.45, 7) is 0.683. The summed E-state index contributed by atoms with van der Waals surface area (Å²) in [7, 11) is 4.65. The average Bonchev–Trinajstić information content (AvgIpc) is 2.47. The molecule has 1 aromatic carbocycles. The molecule has 0 bridgehead atoms. The first-order chi connectivity index (χ1) is 10.1. The van der Waals surface area contributed by atoms with E-state index in [2.05, 4.69) is 5.32 Å². The van der Waals surface area contributed by atoms with E-state index >= 15 is 0 Å². The van der Waals surface area contributed by atoms with E-state index in [0.29, 0.717) is 24.5 Å². The third-order valence-electron chi connectivity index (χ3n) is 2.97. The standard InChI is InChI=1S/C15H23NO5/c1-19-10-12(17)6-7-16-15(18)9-11-4-5-13(20-2)14(8-11)21-3/h4-5,8,12,17H,6-7,9-10H2,1-3H3,(H,16,18). The molecule has 0 aromatic heterocycles. The minimum atomic E-state index is -0.559. The van der Waals surface area contributed by atoms with Gasteiger partial charge in [0, 0.05) is 13.7 Å². The Labute approximate surface area is 125 Å². The number of benzene rings is 1. The van der Waals surface area contributed by atoms with Crippen LogP contribution in [0.15, 0.2) is 18.2 Å². The van der Waals surface area contributed by atoms with E-state index in [1.165, 1.54) is 7.11 Å². The fourth-order valence-corrected chi connectivity index (χ4v) is 1.89. The summed E-state index contributed by atoms with van der Waals surface area (Å²) in [4.78, 5) is 11.8. The van der Waals surface area contributed by atoms with Gasteiger partial charge in [-0.1, -0.05) is 6.07 Å². The molecule has 6 heteroatoms. The largest absolute Gasteiger partial charge is 0.493 e. The molecular formula is C15H23NO5. The Bertz CT molecular complexity index is 450. The lowest BCUT2D eigenvalue weighted by Gasteiger charge is -2.11. The van der Waals surface area contributed by atoms with Crippen molar-refractivity contribution >= 4 is 5.91 Å². The van der Waals surface area contributed by atoms with Crippen LogP contribution in [0.5, 0.6) is 11.5 Å². The van der Waals surface area contributed by atoms with Crippen LogP contribution in [-0.4, -0.2) is 51.6 Å². The van der Waals surface area contributed by atoms with Crippen LogP contribution in [0.2, 0.25) is 0 Å². The minimum Gasteiger partial charge on any atom is -0.493 e. The molecule has 0 fully saturated rings. The van der Waals surface area contributed by atoms with E-state index in [-0.39, 0.29) is 18.9 Å². The van der Waals surface area contributed by atoms with Crippen LogP contribution >= 0.6 is 0 Å². The highest BCUT2D eigenvalue weighted by Crippen LogP contribution is 2.27. The summed E-state index contributed by atoms with van der Waals surface area (Å²) in [6, 6.07) is 5.36. The average molecular weight is 297 g/mol. The molecule has 1 atom stereocenters. The molecule has 0 radical (unpaired) electrons. The highest BCUT2D eigenvalue weighted by Gasteiger charge is 2.09. The molecule has 0 aliphatic carbocycles. The van der Waals surface area contributed by atoms with Crippen LogP contribution in [0, 0.1) is 0 Å². The van der Waals surface area contributed by atoms with E-state index in [9.17, 15) is 9.90 Å². The third-order valence-corrected chi connectivity index (χ3v) is 2.97. The second kappa shape index (κ2) is 9.20. The number of hydrogen-bond acceptors (Lipinski definition) is 5. The van der Waals surface area contributed by atoms with E-state index in [4.69, 9.17) is 14.2 Å². The molecule has 1 aromatic rings. The van der Waals surface area contributed by atoms with Gasteiger partial charge in [0.25, 0.3) is 0 Å². The topological polar surface area (TPSA) is 77.0 Å². The van der Waals surface area contributed by atoms with Gasteiger partial charge in [-0.3, -0.25) is 4.79 Å². The Kier molecular flexibility index (Phi) is 7.56. The first kappa shape index (κ1) is 17.3. The maximum Gasteiger partial charge on any atom is 0.224 e. The van der Waals surface area contributed by atoms with Crippen molar-refractivity contribution in [3.8, 4) is 11.5 Å². The molecule has 0 spiro atoms. The molecule has 0 aliphatic rings. The summed E-state index contributed by atoms with van der Waals surface area (Å²) < 4.78 is 15.2. The number of aliphatic hydroxyl groups is 1. The maximum absolute atomic E-state index is 11.8. The Morgan fingerprint density at radius 2 is 1.95 bits per heavy atom. The lowest BCUT2D eigenvalue weighted by Crippen LogP contribution is -2.29. The fourth-order valence-electron chi connectivity index (χ4n) is 1.89. The SMILES string of the molecule is COCC(O)CCNC(=O)Cc1ccc(OC)c(OC)c1. The van der Waals surface area contributed by atoms with Crippen molar-refractivity contribution in [1.82, 2.24) is 5.32 Å². The molecule has 0 saturated carbocycles. The number of ether oxygens (including phenoxy) is 3. The van der Waals surface area contributed by atoms with Gasteiger partial charge in [0.2, 0.25) is 5.91 Å². The predicted molar refractivity (Wildman–Crippen MR) is 78.8 cm³/mol. The highest BCUT2D eigenvalue weighted by atomic mass is 16.5. The van der Waals surface area contributed by atoms with Crippen LogP contribution in [0.1, 0.15) is 12.0 Å². The molecular weight excluding hydrogens is 274 g/mol. The first-order valence-corrected chi connectivity index (χ1v) is 6.75. The van der Waals surface area contributed by atoms with Crippen LogP contribution in [0.3, 0.4) is 0 Å². The lowest BCUT2D eigenvalue weighted by atomic mass is 10.1. The number of amides is 1. The number of hydrogen-bond donors (Lipinski definition) is 2. The van der Waals surface area contributed by atoms with Gasteiger partial charge >= 0.3 is 0 Å². The van der Waals surface area contributed by atoms with Crippen LogP contribution < -0.4 is 14.8 Å². The molecule has 0 heterocycles. The Morgan fingerprint density at radius 3 is 2.57 bits per heavy atom. The number of rotatable bonds is 9. The maximum atomic E-state index is 11.8. The van der Waals surface area contributed by atoms with Crippen molar-refractivity contribution in [3.63, 3.8) is 0 Å². The van der Waals surface area contributed by atoms with Crippen molar-refractivity contribution in [1.29, 1.82) is 0 Å². The number of aliphatic hydroxyl groups excluding tert-OH is 1. The molecule has 1 amide bonds. The number of methoxy groups -OCH3 is 3. The molecule has 0 aliphatic heterocycles. The molecule has 21 heavy (non-hydrogen) atoms. The normalized spacial score (nSPS) is 11.8. The highest BCUT2D eigenvalue weighted by molar-refractivity contribution is 5.78. The Hall–Kier alpha value is -1.79. The zero-order chi connectivity index (χ0) is 15.7. The van der Waals surface area contributed by atoms with E-state index in [0.717, 1.165) is 5.56 Å². The Balaban J connectivity index is 2.44. The van der Waals surface area contributed by atoms with Gasteiger partial charge in [0.05, 0.1) is 33.4 Å². The number of nitrogens with one attached hydrogen (secondary N) is 1. The van der Waals surface area contributed by atoms with Crippen molar-refractivity contribution in [3.05, 3.63) is 23.8 Å². The molecule has 2 N–H and O–H groups in total. The van der Waals surface area contributed by atoms with Crippen molar-refractivity contribution in [2.75, 3.05) is 34.5 Å². The van der Waals surface area contributed by atoms with Gasteiger partial charge in [0.15, 0.2) is 11.5 Å². The second-order valence-corrected chi connectivity index (χ2v) is 4.61. The second-order valence-electron chi connectivity index (χ2n) is 4.61. The van der Waals surface area contributed by atoms with Crippen molar-refractivity contribution < 1.29 is 24.1 Å². The lowest BCUT2D eigenvalue weighted by molar-refractivity contribution is -0.120. The van der Waals surface area contributed by atoms with Crippen LogP contribution in [0.4, 0.5) is 0 Å². The molecule has 1 unspecified atom stereocenters. The summed E-state index contributed by atoms with van der Waals surface area (Å²) in [5.41, 5.74) is 0.836. The monoisotopic (exact) mass is 297 g/mol. The van der Waals surface area contributed by atoms with Gasteiger partial charge in [-0.15, -0.1) is 0 Å². The Morgan fingerprint density at radius 1 is 1.24 bits per heavy atom. The van der Waals surface area contributed by atoms with Crippen LogP contribution in [0.25, 0.3) is 0 Å². The van der Waals surface area contributed by atoms with E-state index < -0.39 is 6.10 Å².